The number of aryl methyl sites for hydroxylation is 2. The summed E-state index contributed by atoms with van der Waals surface area (Å²) in [6.45, 7) is 10.9. The SMILES string of the molecule is Cc1cc(F)ccc1CNc1c(C)nn(C(C)C)c1C. The van der Waals surface area contributed by atoms with Gasteiger partial charge in [0.15, 0.2) is 0 Å². The van der Waals surface area contributed by atoms with Gasteiger partial charge in [0.2, 0.25) is 0 Å². The zero-order valence-corrected chi connectivity index (χ0v) is 12.8. The van der Waals surface area contributed by atoms with Crippen LogP contribution in [0.3, 0.4) is 0 Å². The maximum Gasteiger partial charge on any atom is 0.123 e. The third-order valence-corrected chi connectivity index (χ3v) is 3.57. The van der Waals surface area contributed by atoms with Gasteiger partial charge in [0.05, 0.1) is 17.1 Å². The van der Waals surface area contributed by atoms with Crippen molar-refractivity contribution in [2.24, 2.45) is 0 Å². The van der Waals surface area contributed by atoms with Crippen molar-refractivity contribution < 1.29 is 4.39 Å². The Labute approximate surface area is 119 Å². The van der Waals surface area contributed by atoms with Crippen molar-refractivity contribution in [3.8, 4) is 0 Å². The van der Waals surface area contributed by atoms with Crippen molar-refractivity contribution in [1.82, 2.24) is 9.78 Å². The second-order valence-electron chi connectivity index (χ2n) is 5.51. The normalized spacial score (nSPS) is 11.2. The monoisotopic (exact) mass is 275 g/mol. The Balaban J connectivity index is 2.19. The molecule has 4 heteroatoms. The molecule has 1 heterocycles. The largest absolute Gasteiger partial charge is 0.378 e. The summed E-state index contributed by atoms with van der Waals surface area (Å²) in [7, 11) is 0. The molecule has 0 bridgehead atoms. The van der Waals surface area contributed by atoms with Gasteiger partial charge >= 0.3 is 0 Å². The molecular weight excluding hydrogens is 253 g/mol. The van der Waals surface area contributed by atoms with E-state index in [1.165, 1.54) is 6.07 Å². The molecule has 0 aliphatic heterocycles. The molecule has 0 fully saturated rings. The lowest BCUT2D eigenvalue weighted by atomic mass is 10.1. The molecule has 2 rings (SSSR count). The van der Waals surface area contributed by atoms with Gasteiger partial charge in [0, 0.05) is 12.6 Å². The number of nitrogens with one attached hydrogen (secondary N) is 1. The summed E-state index contributed by atoms with van der Waals surface area (Å²) in [5.41, 5.74) is 5.27. The molecule has 0 amide bonds. The lowest BCUT2D eigenvalue weighted by Gasteiger charge is -2.11. The van der Waals surface area contributed by atoms with Gasteiger partial charge in [-0.1, -0.05) is 6.07 Å². The fourth-order valence-corrected chi connectivity index (χ4v) is 2.46. The van der Waals surface area contributed by atoms with Crippen LogP contribution in [0.4, 0.5) is 10.1 Å². The maximum atomic E-state index is 13.1. The molecule has 0 aliphatic rings. The first-order valence-electron chi connectivity index (χ1n) is 6.94. The van der Waals surface area contributed by atoms with E-state index in [2.05, 4.69) is 31.2 Å². The number of aromatic nitrogens is 2. The van der Waals surface area contributed by atoms with Crippen molar-refractivity contribution in [1.29, 1.82) is 0 Å². The highest BCUT2D eigenvalue weighted by atomic mass is 19.1. The van der Waals surface area contributed by atoms with Crippen molar-refractivity contribution in [3.05, 3.63) is 46.5 Å². The topological polar surface area (TPSA) is 29.9 Å². The highest BCUT2D eigenvalue weighted by Crippen LogP contribution is 2.23. The van der Waals surface area contributed by atoms with E-state index in [-0.39, 0.29) is 5.82 Å². The van der Waals surface area contributed by atoms with Crippen LogP contribution >= 0.6 is 0 Å². The average Bonchev–Trinajstić information content (AvgIpc) is 2.65. The van der Waals surface area contributed by atoms with Gasteiger partial charge in [-0.25, -0.2) is 4.39 Å². The second kappa shape index (κ2) is 5.65. The Morgan fingerprint density at radius 2 is 1.95 bits per heavy atom. The molecule has 1 aromatic heterocycles. The minimum absolute atomic E-state index is 0.189. The van der Waals surface area contributed by atoms with E-state index in [9.17, 15) is 4.39 Å². The number of halogens is 1. The Morgan fingerprint density at radius 1 is 1.25 bits per heavy atom. The van der Waals surface area contributed by atoms with E-state index in [0.29, 0.717) is 12.6 Å². The zero-order valence-electron chi connectivity index (χ0n) is 12.8. The summed E-state index contributed by atoms with van der Waals surface area (Å²) in [5.74, 6) is -0.189. The molecule has 0 aliphatic carbocycles. The van der Waals surface area contributed by atoms with Crippen molar-refractivity contribution >= 4 is 5.69 Å². The Hall–Kier alpha value is -1.84. The van der Waals surface area contributed by atoms with Gasteiger partial charge in [-0.3, -0.25) is 4.68 Å². The highest BCUT2D eigenvalue weighted by Gasteiger charge is 2.13. The molecule has 0 unspecified atom stereocenters. The third-order valence-electron chi connectivity index (χ3n) is 3.57. The van der Waals surface area contributed by atoms with E-state index in [0.717, 1.165) is 28.2 Å². The van der Waals surface area contributed by atoms with Crippen LogP contribution in [-0.4, -0.2) is 9.78 Å². The summed E-state index contributed by atoms with van der Waals surface area (Å²) in [6.07, 6.45) is 0. The summed E-state index contributed by atoms with van der Waals surface area (Å²) < 4.78 is 15.1. The number of rotatable bonds is 4. The third kappa shape index (κ3) is 2.84. The maximum absolute atomic E-state index is 13.1. The van der Waals surface area contributed by atoms with Crippen LogP contribution in [0, 0.1) is 26.6 Å². The fourth-order valence-electron chi connectivity index (χ4n) is 2.46. The molecule has 1 N–H and O–H groups in total. The molecule has 20 heavy (non-hydrogen) atoms. The molecule has 3 nitrogen and oxygen atoms in total. The molecule has 2 aromatic rings. The summed E-state index contributed by atoms with van der Waals surface area (Å²) in [4.78, 5) is 0. The van der Waals surface area contributed by atoms with Gasteiger partial charge in [0.25, 0.3) is 0 Å². The van der Waals surface area contributed by atoms with Gasteiger partial charge in [-0.05, 0) is 57.9 Å². The van der Waals surface area contributed by atoms with Gasteiger partial charge < -0.3 is 5.32 Å². The van der Waals surface area contributed by atoms with Crippen LogP contribution in [0.15, 0.2) is 18.2 Å². The lowest BCUT2D eigenvalue weighted by molar-refractivity contribution is 0.516. The predicted octanol–water partition coefficient (Wildman–Crippen LogP) is 4.14. The van der Waals surface area contributed by atoms with Crippen LogP contribution in [0.5, 0.6) is 0 Å². The van der Waals surface area contributed by atoms with Gasteiger partial charge in [-0.15, -0.1) is 0 Å². The van der Waals surface area contributed by atoms with Crippen LogP contribution < -0.4 is 5.32 Å². The first kappa shape index (κ1) is 14.6. The summed E-state index contributed by atoms with van der Waals surface area (Å²) in [6, 6.07) is 5.24. The van der Waals surface area contributed by atoms with Crippen LogP contribution in [-0.2, 0) is 6.54 Å². The molecule has 108 valence electrons. The van der Waals surface area contributed by atoms with Crippen molar-refractivity contribution in [3.63, 3.8) is 0 Å². The number of anilines is 1. The standard InChI is InChI=1S/C16H22FN3/c1-10(2)20-13(5)16(12(4)19-20)18-9-14-6-7-15(17)8-11(14)3/h6-8,10,18H,9H2,1-5H3. The number of nitrogens with zero attached hydrogens (tertiary/aromatic N) is 2. The van der Waals surface area contributed by atoms with E-state index < -0.39 is 0 Å². The summed E-state index contributed by atoms with van der Waals surface area (Å²) in [5, 5.41) is 7.98. The van der Waals surface area contributed by atoms with Crippen molar-refractivity contribution in [2.75, 3.05) is 5.32 Å². The van der Waals surface area contributed by atoms with Crippen LogP contribution in [0.1, 0.15) is 42.4 Å². The number of hydrogen-bond donors (Lipinski definition) is 1. The summed E-state index contributed by atoms with van der Waals surface area (Å²) >= 11 is 0. The molecule has 0 saturated carbocycles. The zero-order chi connectivity index (χ0) is 14.9. The molecule has 1 aromatic carbocycles. The minimum atomic E-state index is -0.189. The van der Waals surface area contributed by atoms with Gasteiger partial charge in [-0.2, -0.15) is 5.10 Å². The predicted molar refractivity (Wildman–Crippen MR) is 80.5 cm³/mol. The minimum Gasteiger partial charge on any atom is -0.378 e. The number of benzene rings is 1. The second-order valence-corrected chi connectivity index (χ2v) is 5.51. The van der Waals surface area contributed by atoms with E-state index in [1.807, 2.05) is 24.6 Å². The molecule has 0 saturated heterocycles. The van der Waals surface area contributed by atoms with Crippen LogP contribution in [0.25, 0.3) is 0 Å². The van der Waals surface area contributed by atoms with E-state index >= 15 is 0 Å². The van der Waals surface area contributed by atoms with E-state index in [4.69, 9.17) is 0 Å². The highest BCUT2D eigenvalue weighted by molar-refractivity contribution is 5.52. The molecule has 0 atom stereocenters. The first-order valence-corrected chi connectivity index (χ1v) is 6.94. The fraction of sp³-hybridized carbons (Fsp3) is 0.438. The van der Waals surface area contributed by atoms with Crippen LogP contribution in [0.2, 0.25) is 0 Å². The van der Waals surface area contributed by atoms with Gasteiger partial charge in [0.1, 0.15) is 5.82 Å². The molecule has 0 spiro atoms. The van der Waals surface area contributed by atoms with Crippen molar-refractivity contribution in [2.45, 2.75) is 47.2 Å². The Bertz CT molecular complexity index is 614. The smallest absolute Gasteiger partial charge is 0.123 e. The first-order chi connectivity index (χ1) is 9.40. The molecule has 0 radical (unpaired) electrons. The quantitative estimate of drug-likeness (QED) is 0.908. The molecular formula is C16H22FN3. The Kier molecular flexibility index (Phi) is 4.12. The Morgan fingerprint density at radius 3 is 2.50 bits per heavy atom. The lowest BCUT2D eigenvalue weighted by Crippen LogP contribution is -2.06. The average molecular weight is 275 g/mol. The number of hydrogen-bond acceptors (Lipinski definition) is 2. The van der Waals surface area contributed by atoms with E-state index in [1.54, 1.807) is 6.07 Å².